The molecule has 0 aromatic heterocycles. The molecule has 1 nitrogen and oxygen atoms in total. The van der Waals surface area contributed by atoms with Crippen LogP contribution in [0.1, 0.15) is 39.2 Å². The third-order valence-corrected chi connectivity index (χ3v) is 3.64. The first-order chi connectivity index (χ1) is 8.56. The minimum absolute atomic E-state index is 0.274. The molecule has 0 aliphatic carbocycles. The van der Waals surface area contributed by atoms with Gasteiger partial charge in [-0.25, -0.2) is 4.39 Å². The molecular weight excluding hydrogens is 249 g/mol. The maximum atomic E-state index is 13.3. The van der Waals surface area contributed by atoms with Gasteiger partial charge in [0.1, 0.15) is 5.82 Å². The van der Waals surface area contributed by atoms with E-state index < -0.39 is 0 Å². The molecule has 18 heavy (non-hydrogen) atoms. The van der Waals surface area contributed by atoms with E-state index in [4.69, 9.17) is 11.6 Å². The van der Waals surface area contributed by atoms with E-state index in [0.29, 0.717) is 12.0 Å². The number of rotatable bonds is 7. The highest BCUT2D eigenvalue weighted by Gasteiger charge is 2.13. The second kappa shape index (κ2) is 7.75. The van der Waals surface area contributed by atoms with Crippen molar-refractivity contribution in [3.05, 3.63) is 34.6 Å². The Morgan fingerprint density at radius 1 is 1.33 bits per heavy atom. The Hall–Kier alpha value is -0.600. The Kier molecular flexibility index (Phi) is 6.66. The number of nitrogens with one attached hydrogen (secondary N) is 1. The van der Waals surface area contributed by atoms with Crippen molar-refractivity contribution in [2.24, 2.45) is 5.92 Å². The maximum Gasteiger partial charge on any atom is 0.142 e. The lowest BCUT2D eigenvalue weighted by molar-refractivity contribution is 0.378. The molecular formula is C15H23ClFN. The zero-order valence-corrected chi connectivity index (χ0v) is 12.2. The summed E-state index contributed by atoms with van der Waals surface area (Å²) >= 11 is 5.97. The molecule has 0 saturated carbocycles. The van der Waals surface area contributed by atoms with E-state index in [1.807, 2.05) is 6.07 Å². The molecule has 1 N–H and O–H groups in total. The van der Waals surface area contributed by atoms with Gasteiger partial charge in [0.25, 0.3) is 0 Å². The Bertz CT molecular complexity index is 366. The van der Waals surface area contributed by atoms with Gasteiger partial charge in [0, 0.05) is 6.04 Å². The smallest absolute Gasteiger partial charge is 0.142 e. The molecule has 0 radical (unpaired) electrons. The SMILES string of the molecule is CCCNC(CCc1cccc(F)c1Cl)C(C)C. The fraction of sp³-hybridized carbons (Fsp3) is 0.600. The van der Waals surface area contributed by atoms with Crippen LogP contribution in [0.15, 0.2) is 18.2 Å². The van der Waals surface area contributed by atoms with Gasteiger partial charge in [0.2, 0.25) is 0 Å². The molecule has 0 heterocycles. The van der Waals surface area contributed by atoms with Crippen LogP contribution in [0.4, 0.5) is 4.39 Å². The lowest BCUT2D eigenvalue weighted by Gasteiger charge is -2.22. The summed E-state index contributed by atoms with van der Waals surface area (Å²) in [6, 6.07) is 5.49. The highest BCUT2D eigenvalue weighted by Crippen LogP contribution is 2.22. The molecule has 1 atom stereocenters. The Morgan fingerprint density at radius 2 is 2.06 bits per heavy atom. The number of halogens is 2. The van der Waals surface area contributed by atoms with Crippen molar-refractivity contribution in [2.45, 2.75) is 46.1 Å². The van der Waals surface area contributed by atoms with Crippen LogP contribution >= 0.6 is 11.6 Å². The van der Waals surface area contributed by atoms with E-state index in [2.05, 4.69) is 26.1 Å². The van der Waals surface area contributed by atoms with Crippen LogP contribution in [-0.2, 0) is 6.42 Å². The van der Waals surface area contributed by atoms with Crippen LogP contribution in [0.25, 0.3) is 0 Å². The molecule has 1 aromatic carbocycles. The molecule has 0 spiro atoms. The van der Waals surface area contributed by atoms with Crippen molar-refractivity contribution < 1.29 is 4.39 Å². The Balaban J connectivity index is 2.58. The standard InChI is InChI=1S/C15H23ClFN/c1-4-10-18-14(11(2)3)9-8-12-6-5-7-13(17)15(12)16/h5-7,11,14,18H,4,8-10H2,1-3H3. The second-order valence-corrected chi connectivity index (χ2v) is 5.43. The molecule has 0 fully saturated rings. The largest absolute Gasteiger partial charge is 0.314 e. The molecule has 0 saturated heterocycles. The van der Waals surface area contributed by atoms with E-state index >= 15 is 0 Å². The second-order valence-electron chi connectivity index (χ2n) is 5.06. The summed E-state index contributed by atoms with van der Waals surface area (Å²) in [4.78, 5) is 0. The third kappa shape index (κ3) is 4.58. The normalized spacial score (nSPS) is 13.0. The van der Waals surface area contributed by atoms with Crippen molar-refractivity contribution in [1.29, 1.82) is 0 Å². The monoisotopic (exact) mass is 271 g/mol. The topological polar surface area (TPSA) is 12.0 Å². The van der Waals surface area contributed by atoms with E-state index in [1.54, 1.807) is 6.07 Å². The fourth-order valence-corrected chi connectivity index (χ4v) is 2.27. The van der Waals surface area contributed by atoms with Crippen LogP contribution < -0.4 is 5.32 Å². The number of hydrogen-bond acceptors (Lipinski definition) is 1. The average Bonchev–Trinajstić information content (AvgIpc) is 2.33. The minimum atomic E-state index is -0.322. The number of aryl methyl sites for hydroxylation is 1. The summed E-state index contributed by atoms with van der Waals surface area (Å²) in [5, 5.41) is 3.81. The van der Waals surface area contributed by atoms with Crippen LogP contribution in [0, 0.1) is 11.7 Å². The van der Waals surface area contributed by atoms with Gasteiger partial charge in [-0.05, 0) is 43.4 Å². The van der Waals surface area contributed by atoms with Crippen LogP contribution in [0.5, 0.6) is 0 Å². The summed E-state index contributed by atoms with van der Waals surface area (Å²) in [6.45, 7) is 7.61. The molecule has 1 aromatic rings. The maximum absolute atomic E-state index is 13.3. The Labute approximate surface area is 115 Å². The van der Waals surface area contributed by atoms with Crippen LogP contribution in [0.2, 0.25) is 5.02 Å². The predicted octanol–water partition coefficient (Wildman–Crippen LogP) is 4.44. The lowest BCUT2D eigenvalue weighted by Crippen LogP contribution is -2.34. The number of hydrogen-bond donors (Lipinski definition) is 1. The molecule has 1 unspecified atom stereocenters. The van der Waals surface area contributed by atoms with Crippen LogP contribution in [0.3, 0.4) is 0 Å². The van der Waals surface area contributed by atoms with Crippen molar-refractivity contribution in [2.75, 3.05) is 6.54 Å². The molecule has 0 amide bonds. The summed E-state index contributed by atoms with van der Waals surface area (Å²) in [5.41, 5.74) is 0.903. The van der Waals surface area contributed by atoms with Crippen molar-refractivity contribution >= 4 is 11.6 Å². The fourth-order valence-electron chi connectivity index (χ4n) is 2.05. The van der Waals surface area contributed by atoms with Gasteiger partial charge >= 0.3 is 0 Å². The van der Waals surface area contributed by atoms with Gasteiger partial charge in [-0.2, -0.15) is 0 Å². The molecule has 1 rings (SSSR count). The van der Waals surface area contributed by atoms with Gasteiger partial charge in [-0.1, -0.05) is 44.5 Å². The molecule has 0 aliphatic heterocycles. The zero-order valence-electron chi connectivity index (χ0n) is 11.5. The van der Waals surface area contributed by atoms with Gasteiger partial charge < -0.3 is 5.32 Å². The first-order valence-electron chi connectivity index (χ1n) is 6.72. The zero-order chi connectivity index (χ0) is 13.5. The average molecular weight is 272 g/mol. The predicted molar refractivity (Wildman–Crippen MR) is 76.7 cm³/mol. The first kappa shape index (κ1) is 15.5. The number of benzene rings is 1. The van der Waals surface area contributed by atoms with E-state index in [1.165, 1.54) is 6.07 Å². The third-order valence-electron chi connectivity index (χ3n) is 3.22. The van der Waals surface area contributed by atoms with Crippen molar-refractivity contribution in [3.8, 4) is 0 Å². The molecule has 0 bridgehead atoms. The summed E-state index contributed by atoms with van der Waals surface area (Å²) < 4.78 is 13.3. The lowest BCUT2D eigenvalue weighted by atomic mass is 9.96. The molecule has 3 heteroatoms. The molecule has 102 valence electrons. The van der Waals surface area contributed by atoms with Gasteiger partial charge in [0.05, 0.1) is 5.02 Å². The quantitative estimate of drug-likeness (QED) is 0.773. The van der Waals surface area contributed by atoms with Crippen LogP contribution in [-0.4, -0.2) is 12.6 Å². The Morgan fingerprint density at radius 3 is 2.67 bits per heavy atom. The highest BCUT2D eigenvalue weighted by atomic mass is 35.5. The molecule has 0 aliphatic rings. The summed E-state index contributed by atoms with van der Waals surface area (Å²) in [6.07, 6.45) is 2.93. The summed E-state index contributed by atoms with van der Waals surface area (Å²) in [5.74, 6) is 0.251. The van der Waals surface area contributed by atoms with Crippen molar-refractivity contribution in [1.82, 2.24) is 5.32 Å². The van der Waals surface area contributed by atoms with Gasteiger partial charge in [0.15, 0.2) is 0 Å². The highest BCUT2D eigenvalue weighted by molar-refractivity contribution is 6.31. The first-order valence-corrected chi connectivity index (χ1v) is 7.10. The van der Waals surface area contributed by atoms with E-state index in [0.717, 1.165) is 31.4 Å². The summed E-state index contributed by atoms with van der Waals surface area (Å²) in [7, 11) is 0. The van der Waals surface area contributed by atoms with E-state index in [-0.39, 0.29) is 10.8 Å². The van der Waals surface area contributed by atoms with Gasteiger partial charge in [-0.3, -0.25) is 0 Å². The van der Waals surface area contributed by atoms with E-state index in [9.17, 15) is 4.39 Å². The minimum Gasteiger partial charge on any atom is -0.314 e. The van der Waals surface area contributed by atoms with Crippen molar-refractivity contribution in [3.63, 3.8) is 0 Å². The van der Waals surface area contributed by atoms with Gasteiger partial charge in [-0.15, -0.1) is 0 Å².